The van der Waals surface area contributed by atoms with Crippen molar-refractivity contribution in [2.75, 3.05) is 22.7 Å². The number of rotatable bonds is 6. The smallest absolute Gasteiger partial charge is 0.265 e. The molecule has 3 aromatic rings. The summed E-state index contributed by atoms with van der Waals surface area (Å²) < 4.78 is 28.0. The van der Waals surface area contributed by atoms with Gasteiger partial charge in [-0.3, -0.25) is 13.9 Å². The molecule has 0 radical (unpaired) electrons. The van der Waals surface area contributed by atoms with Crippen molar-refractivity contribution in [2.45, 2.75) is 25.2 Å². The van der Waals surface area contributed by atoms with Gasteiger partial charge in [0, 0.05) is 17.7 Å². The highest BCUT2D eigenvalue weighted by Gasteiger charge is 2.36. The topological polar surface area (TPSA) is 95.6 Å². The summed E-state index contributed by atoms with van der Waals surface area (Å²) in [5.41, 5.74) is 3.46. The number of nitrogens with one attached hydrogen (secondary N) is 2. The number of sulfonamides is 1. The number of anilines is 2. The molecule has 0 aromatic heterocycles. The van der Waals surface area contributed by atoms with Crippen LogP contribution in [0.3, 0.4) is 0 Å². The molecular formula is C25H25N3O4S. The number of nitrogens with zero attached hydrogens (tertiary/aromatic N) is 1. The lowest BCUT2D eigenvalue weighted by Gasteiger charge is -2.32. The fraction of sp³-hybridized carbons (Fsp3) is 0.200. The molecule has 0 saturated carbocycles. The van der Waals surface area contributed by atoms with E-state index in [-0.39, 0.29) is 10.8 Å². The van der Waals surface area contributed by atoms with Crippen LogP contribution in [0.25, 0.3) is 11.1 Å². The predicted molar refractivity (Wildman–Crippen MR) is 129 cm³/mol. The Morgan fingerprint density at radius 2 is 1.67 bits per heavy atom. The number of carbonyl (C=O) groups is 2. The zero-order valence-electron chi connectivity index (χ0n) is 18.5. The second-order valence-electron chi connectivity index (χ2n) is 7.88. The summed E-state index contributed by atoms with van der Waals surface area (Å²) >= 11 is 0. The van der Waals surface area contributed by atoms with Gasteiger partial charge in [-0.1, -0.05) is 48.9 Å². The van der Waals surface area contributed by atoms with Gasteiger partial charge >= 0.3 is 0 Å². The number of benzene rings is 3. The summed E-state index contributed by atoms with van der Waals surface area (Å²) in [4.78, 5) is 25.6. The normalized spacial score (nSPS) is 13.6. The standard InChI is InChI=1S/C25H25N3O4S/c1-3-14-26-25(30)19-9-4-6-10-21(19)27-24(29)16-28-22-13-12-17(2)15-20(22)18-8-5-7-11-23(18)33(28,31)32/h4-13,15H,3,14,16H2,1-2H3,(H,26,30)(H,27,29). The first-order valence-corrected chi connectivity index (χ1v) is 12.2. The minimum Gasteiger partial charge on any atom is -0.352 e. The lowest BCUT2D eigenvalue weighted by Crippen LogP contribution is -2.40. The molecule has 0 atom stereocenters. The summed E-state index contributed by atoms with van der Waals surface area (Å²) in [6.45, 7) is 3.98. The summed E-state index contributed by atoms with van der Waals surface area (Å²) in [5, 5.41) is 5.50. The van der Waals surface area contributed by atoms with Crippen molar-refractivity contribution >= 4 is 33.2 Å². The number of hydrogen-bond donors (Lipinski definition) is 2. The summed E-state index contributed by atoms with van der Waals surface area (Å²) in [7, 11) is -3.94. The SMILES string of the molecule is CCCNC(=O)c1ccccc1NC(=O)CN1c2ccc(C)cc2-c2ccccc2S1(=O)=O. The van der Waals surface area contributed by atoms with Crippen LogP contribution in [-0.2, 0) is 14.8 Å². The molecule has 170 valence electrons. The van der Waals surface area contributed by atoms with Crippen LogP contribution in [0.5, 0.6) is 0 Å². The molecule has 0 bridgehead atoms. The van der Waals surface area contributed by atoms with Crippen LogP contribution in [0, 0.1) is 6.92 Å². The van der Waals surface area contributed by atoms with Gasteiger partial charge in [0.1, 0.15) is 6.54 Å². The Labute approximate surface area is 193 Å². The largest absolute Gasteiger partial charge is 0.352 e. The Bertz CT molecular complexity index is 1330. The first-order valence-electron chi connectivity index (χ1n) is 10.7. The van der Waals surface area contributed by atoms with Gasteiger partial charge in [-0.2, -0.15) is 0 Å². The van der Waals surface area contributed by atoms with E-state index < -0.39 is 22.5 Å². The van der Waals surface area contributed by atoms with Crippen LogP contribution in [0.4, 0.5) is 11.4 Å². The average Bonchev–Trinajstić information content (AvgIpc) is 2.81. The summed E-state index contributed by atoms with van der Waals surface area (Å²) in [5.74, 6) is -0.840. The van der Waals surface area contributed by atoms with E-state index in [1.807, 2.05) is 26.0 Å². The second-order valence-corrected chi connectivity index (χ2v) is 9.71. The number of amides is 2. The molecule has 0 aliphatic carbocycles. The maximum atomic E-state index is 13.4. The molecule has 0 unspecified atom stereocenters. The maximum Gasteiger partial charge on any atom is 0.265 e. The number of aryl methyl sites for hydroxylation is 1. The van der Waals surface area contributed by atoms with E-state index in [2.05, 4.69) is 10.6 Å². The van der Waals surface area contributed by atoms with Crippen molar-refractivity contribution < 1.29 is 18.0 Å². The van der Waals surface area contributed by atoms with Gasteiger partial charge in [0.25, 0.3) is 15.9 Å². The molecule has 2 N–H and O–H groups in total. The second kappa shape index (κ2) is 9.07. The molecule has 0 saturated heterocycles. The molecule has 33 heavy (non-hydrogen) atoms. The number of hydrogen-bond acceptors (Lipinski definition) is 4. The molecule has 1 aliphatic heterocycles. The molecule has 0 fully saturated rings. The van der Waals surface area contributed by atoms with Crippen molar-refractivity contribution in [1.82, 2.24) is 5.32 Å². The molecule has 1 aliphatic rings. The number of fused-ring (bicyclic) bond motifs is 3. The van der Waals surface area contributed by atoms with Crippen molar-refractivity contribution in [3.63, 3.8) is 0 Å². The van der Waals surface area contributed by atoms with Gasteiger partial charge in [0.15, 0.2) is 0 Å². The molecule has 0 spiro atoms. The third-order valence-corrected chi connectivity index (χ3v) is 7.25. The quantitative estimate of drug-likeness (QED) is 0.579. The van der Waals surface area contributed by atoms with Gasteiger partial charge in [-0.15, -0.1) is 0 Å². The van der Waals surface area contributed by atoms with Gasteiger partial charge in [0.2, 0.25) is 5.91 Å². The van der Waals surface area contributed by atoms with Crippen molar-refractivity contribution in [1.29, 1.82) is 0 Å². The van der Waals surface area contributed by atoms with E-state index in [1.165, 1.54) is 0 Å². The Morgan fingerprint density at radius 1 is 0.939 bits per heavy atom. The number of para-hydroxylation sites is 1. The first-order chi connectivity index (χ1) is 15.8. The third-order valence-electron chi connectivity index (χ3n) is 5.43. The highest BCUT2D eigenvalue weighted by molar-refractivity contribution is 7.93. The Morgan fingerprint density at radius 3 is 2.45 bits per heavy atom. The van der Waals surface area contributed by atoms with Crippen molar-refractivity contribution in [3.8, 4) is 11.1 Å². The van der Waals surface area contributed by atoms with E-state index in [0.29, 0.717) is 29.0 Å². The summed E-state index contributed by atoms with van der Waals surface area (Å²) in [6, 6.07) is 18.9. The molecule has 2 amide bonds. The minimum atomic E-state index is -3.94. The fourth-order valence-corrected chi connectivity index (χ4v) is 5.51. The van der Waals surface area contributed by atoms with Crippen molar-refractivity contribution in [3.05, 3.63) is 77.9 Å². The van der Waals surface area contributed by atoms with Gasteiger partial charge in [-0.25, -0.2) is 8.42 Å². The van der Waals surface area contributed by atoms with E-state index in [1.54, 1.807) is 54.6 Å². The molecule has 8 heteroatoms. The highest BCUT2D eigenvalue weighted by atomic mass is 32.2. The molecule has 3 aromatic carbocycles. The zero-order chi connectivity index (χ0) is 23.6. The first kappa shape index (κ1) is 22.5. The van der Waals surface area contributed by atoms with Crippen LogP contribution in [0.2, 0.25) is 0 Å². The molecular weight excluding hydrogens is 438 g/mol. The molecule has 7 nitrogen and oxygen atoms in total. The lowest BCUT2D eigenvalue weighted by molar-refractivity contribution is -0.114. The maximum absolute atomic E-state index is 13.4. The Hall–Kier alpha value is -3.65. The molecule has 1 heterocycles. The van der Waals surface area contributed by atoms with Gasteiger partial charge in [-0.05, 0) is 43.7 Å². The van der Waals surface area contributed by atoms with E-state index in [0.717, 1.165) is 21.9 Å². The van der Waals surface area contributed by atoms with Crippen LogP contribution in [0.1, 0.15) is 29.3 Å². The third kappa shape index (κ3) is 4.34. The summed E-state index contributed by atoms with van der Waals surface area (Å²) in [6.07, 6.45) is 0.785. The monoisotopic (exact) mass is 463 g/mol. The van der Waals surface area contributed by atoms with E-state index in [4.69, 9.17) is 0 Å². The van der Waals surface area contributed by atoms with E-state index in [9.17, 15) is 18.0 Å². The minimum absolute atomic E-state index is 0.162. The van der Waals surface area contributed by atoms with Crippen LogP contribution < -0.4 is 14.9 Å². The highest BCUT2D eigenvalue weighted by Crippen LogP contribution is 2.43. The lowest BCUT2D eigenvalue weighted by atomic mass is 10.0. The Kier molecular flexibility index (Phi) is 6.20. The Balaban J connectivity index is 1.65. The zero-order valence-corrected chi connectivity index (χ0v) is 19.3. The van der Waals surface area contributed by atoms with Crippen LogP contribution >= 0.6 is 0 Å². The fourth-order valence-electron chi connectivity index (χ4n) is 3.86. The van der Waals surface area contributed by atoms with Gasteiger partial charge in [0.05, 0.1) is 21.8 Å². The number of carbonyl (C=O) groups excluding carboxylic acids is 2. The van der Waals surface area contributed by atoms with Crippen molar-refractivity contribution in [2.24, 2.45) is 0 Å². The van der Waals surface area contributed by atoms with Crippen LogP contribution in [-0.4, -0.2) is 33.3 Å². The van der Waals surface area contributed by atoms with Gasteiger partial charge < -0.3 is 10.6 Å². The molecule has 4 rings (SSSR count). The average molecular weight is 464 g/mol. The predicted octanol–water partition coefficient (Wildman–Crippen LogP) is 3.95. The van der Waals surface area contributed by atoms with Crippen LogP contribution in [0.15, 0.2) is 71.6 Å². The van der Waals surface area contributed by atoms with E-state index >= 15 is 0 Å².